The van der Waals surface area contributed by atoms with Crippen molar-refractivity contribution in [3.63, 3.8) is 0 Å². The monoisotopic (exact) mass is 440 g/mol. The van der Waals surface area contributed by atoms with E-state index in [0.717, 1.165) is 40.2 Å². The Balaban J connectivity index is 1.57. The van der Waals surface area contributed by atoms with Gasteiger partial charge in [0, 0.05) is 17.7 Å². The molecule has 0 saturated heterocycles. The van der Waals surface area contributed by atoms with E-state index < -0.39 is 0 Å². The van der Waals surface area contributed by atoms with E-state index >= 15 is 0 Å². The Morgan fingerprint density at radius 3 is 2.24 bits per heavy atom. The zero-order valence-corrected chi connectivity index (χ0v) is 19.1. The van der Waals surface area contributed by atoms with Crippen LogP contribution in [0.3, 0.4) is 0 Å². The number of allylic oxidation sites excluding steroid dienone is 1. The predicted octanol–water partition coefficient (Wildman–Crippen LogP) is 5.99. The molecule has 3 aromatic carbocycles. The van der Waals surface area contributed by atoms with Gasteiger partial charge in [-0.15, -0.1) is 0 Å². The SMILES string of the molecule is COc1ccc([C@@H]2CC(=O)C3=C(C2)Nc2ccccc2N[C@H]3c2ccc(C)cc2)cc1OC. The van der Waals surface area contributed by atoms with Crippen LogP contribution in [0.2, 0.25) is 0 Å². The van der Waals surface area contributed by atoms with Gasteiger partial charge in [0.2, 0.25) is 0 Å². The molecule has 2 aliphatic rings. The van der Waals surface area contributed by atoms with Gasteiger partial charge in [-0.25, -0.2) is 0 Å². The van der Waals surface area contributed by atoms with E-state index in [1.54, 1.807) is 14.2 Å². The third-order valence-corrected chi connectivity index (χ3v) is 6.60. The molecule has 2 atom stereocenters. The van der Waals surface area contributed by atoms with Crippen LogP contribution in [0.15, 0.2) is 78.0 Å². The number of Topliss-reactive ketones (excluding diaryl/α,β-unsaturated/α-hetero) is 1. The molecular weight excluding hydrogens is 412 g/mol. The van der Waals surface area contributed by atoms with Gasteiger partial charge in [0.25, 0.3) is 0 Å². The maximum atomic E-state index is 13.7. The summed E-state index contributed by atoms with van der Waals surface area (Å²) in [7, 11) is 3.26. The minimum absolute atomic E-state index is 0.0625. The Labute approximate surface area is 194 Å². The number of ketones is 1. The summed E-state index contributed by atoms with van der Waals surface area (Å²) in [5.74, 6) is 1.59. The van der Waals surface area contributed by atoms with Crippen LogP contribution >= 0.6 is 0 Å². The molecule has 1 aliphatic carbocycles. The van der Waals surface area contributed by atoms with Gasteiger partial charge in [-0.2, -0.15) is 0 Å². The number of hydrogen-bond donors (Lipinski definition) is 2. The van der Waals surface area contributed by atoms with Crippen LogP contribution in [-0.2, 0) is 4.79 Å². The highest BCUT2D eigenvalue weighted by molar-refractivity contribution is 6.01. The van der Waals surface area contributed by atoms with Crippen molar-refractivity contribution in [2.75, 3.05) is 24.9 Å². The van der Waals surface area contributed by atoms with Crippen LogP contribution in [0.1, 0.15) is 41.5 Å². The first-order valence-electron chi connectivity index (χ1n) is 11.2. The number of methoxy groups -OCH3 is 2. The standard InChI is InChI=1S/C28H28N2O3/c1-17-8-10-18(11-9-17)28-27-23(29-21-6-4-5-7-22(21)30-28)14-20(15-24(27)31)19-12-13-25(32-2)26(16-19)33-3/h4-13,16,20,28-30H,14-15H2,1-3H3/t20-,28-/m0/s1. The van der Waals surface area contributed by atoms with Crippen LogP contribution in [-0.4, -0.2) is 20.0 Å². The summed E-state index contributed by atoms with van der Waals surface area (Å²) >= 11 is 0. The van der Waals surface area contributed by atoms with Crippen LogP contribution in [0.25, 0.3) is 0 Å². The van der Waals surface area contributed by atoms with Crippen molar-refractivity contribution in [2.45, 2.75) is 31.7 Å². The van der Waals surface area contributed by atoms with Gasteiger partial charge < -0.3 is 20.1 Å². The van der Waals surface area contributed by atoms with Gasteiger partial charge >= 0.3 is 0 Å². The van der Waals surface area contributed by atoms with E-state index in [-0.39, 0.29) is 17.7 Å². The Morgan fingerprint density at radius 1 is 0.818 bits per heavy atom. The molecule has 1 aliphatic heterocycles. The van der Waals surface area contributed by atoms with E-state index in [2.05, 4.69) is 54.0 Å². The van der Waals surface area contributed by atoms with Gasteiger partial charge in [-0.3, -0.25) is 4.79 Å². The number of rotatable bonds is 4. The van der Waals surface area contributed by atoms with Crippen molar-refractivity contribution in [1.82, 2.24) is 0 Å². The molecule has 168 valence electrons. The average Bonchev–Trinajstić information content (AvgIpc) is 3.01. The van der Waals surface area contributed by atoms with Crippen LogP contribution in [0.4, 0.5) is 11.4 Å². The fraction of sp³-hybridized carbons (Fsp3) is 0.250. The molecule has 5 nitrogen and oxygen atoms in total. The Bertz CT molecular complexity index is 1230. The second kappa shape index (κ2) is 8.66. The molecular formula is C28H28N2O3. The molecule has 0 fully saturated rings. The van der Waals surface area contributed by atoms with Gasteiger partial charge in [0.15, 0.2) is 17.3 Å². The summed E-state index contributed by atoms with van der Waals surface area (Å²) in [6.45, 7) is 2.07. The first-order chi connectivity index (χ1) is 16.1. The highest BCUT2D eigenvalue weighted by atomic mass is 16.5. The van der Waals surface area contributed by atoms with E-state index in [9.17, 15) is 4.79 Å². The molecule has 3 aromatic rings. The van der Waals surface area contributed by atoms with Crippen LogP contribution < -0.4 is 20.1 Å². The summed E-state index contributed by atoms with van der Waals surface area (Å²) in [4.78, 5) is 13.7. The van der Waals surface area contributed by atoms with Crippen molar-refractivity contribution < 1.29 is 14.3 Å². The molecule has 33 heavy (non-hydrogen) atoms. The minimum Gasteiger partial charge on any atom is -0.493 e. The number of aryl methyl sites for hydroxylation is 1. The summed E-state index contributed by atoms with van der Waals surface area (Å²) in [5.41, 5.74) is 7.15. The number of para-hydroxylation sites is 2. The highest BCUT2D eigenvalue weighted by Crippen LogP contribution is 2.45. The molecule has 0 bridgehead atoms. The molecule has 0 amide bonds. The van der Waals surface area contributed by atoms with Crippen molar-refractivity contribution in [3.8, 4) is 11.5 Å². The first kappa shape index (κ1) is 21.1. The molecule has 0 unspecified atom stereocenters. The lowest BCUT2D eigenvalue weighted by Crippen LogP contribution is -2.26. The van der Waals surface area contributed by atoms with Gasteiger partial charge in [-0.1, -0.05) is 48.0 Å². The summed E-state index contributed by atoms with van der Waals surface area (Å²) in [6, 6.07) is 22.3. The van der Waals surface area contributed by atoms with Gasteiger partial charge in [0.1, 0.15) is 0 Å². The zero-order chi connectivity index (χ0) is 22.9. The van der Waals surface area contributed by atoms with Crippen LogP contribution in [0.5, 0.6) is 11.5 Å². The Morgan fingerprint density at radius 2 is 1.52 bits per heavy atom. The average molecular weight is 441 g/mol. The number of nitrogens with one attached hydrogen (secondary N) is 2. The largest absolute Gasteiger partial charge is 0.493 e. The first-order valence-corrected chi connectivity index (χ1v) is 11.2. The number of fused-ring (bicyclic) bond motifs is 1. The molecule has 2 N–H and O–H groups in total. The normalized spacial score (nSPS) is 19.5. The van der Waals surface area contributed by atoms with Crippen molar-refractivity contribution >= 4 is 17.2 Å². The van der Waals surface area contributed by atoms with Crippen molar-refractivity contribution in [2.24, 2.45) is 0 Å². The zero-order valence-electron chi connectivity index (χ0n) is 19.1. The predicted molar refractivity (Wildman–Crippen MR) is 131 cm³/mol. The number of ether oxygens (including phenoxy) is 2. The molecule has 0 aromatic heterocycles. The fourth-order valence-corrected chi connectivity index (χ4v) is 4.84. The highest BCUT2D eigenvalue weighted by Gasteiger charge is 2.36. The third kappa shape index (κ3) is 3.95. The van der Waals surface area contributed by atoms with Crippen molar-refractivity contribution in [1.29, 1.82) is 0 Å². The topological polar surface area (TPSA) is 59.6 Å². The second-order valence-corrected chi connectivity index (χ2v) is 8.69. The lowest BCUT2D eigenvalue weighted by Gasteiger charge is -2.30. The number of benzene rings is 3. The maximum Gasteiger partial charge on any atom is 0.163 e. The maximum absolute atomic E-state index is 13.7. The molecule has 0 saturated carbocycles. The quantitative estimate of drug-likeness (QED) is 0.522. The summed E-state index contributed by atoms with van der Waals surface area (Å²) in [6.07, 6.45) is 1.20. The van der Waals surface area contributed by atoms with E-state index in [1.165, 1.54) is 5.56 Å². The van der Waals surface area contributed by atoms with Gasteiger partial charge in [-0.05, 0) is 54.7 Å². The molecule has 1 heterocycles. The van der Waals surface area contributed by atoms with Gasteiger partial charge in [0.05, 0.1) is 31.6 Å². The number of carbonyl (C=O) groups is 1. The molecule has 0 radical (unpaired) electrons. The lowest BCUT2D eigenvalue weighted by atomic mass is 9.78. The smallest absolute Gasteiger partial charge is 0.163 e. The van der Waals surface area contributed by atoms with E-state index in [0.29, 0.717) is 17.9 Å². The van der Waals surface area contributed by atoms with E-state index in [1.807, 2.05) is 30.3 Å². The fourth-order valence-electron chi connectivity index (χ4n) is 4.84. The number of anilines is 2. The molecule has 5 heteroatoms. The summed E-state index contributed by atoms with van der Waals surface area (Å²) < 4.78 is 10.9. The molecule has 0 spiro atoms. The van der Waals surface area contributed by atoms with E-state index in [4.69, 9.17) is 9.47 Å². The summed E-state index contributed by atoms with van der Waals surface area (Å²) in [5, 5.41) is 7.23. The number of carbonyl (C=O) groups excluding carboxylic acids is 1. The minimum atomic E-state index is -0.199. The van der Waals surface area contributed by atoms with Crippen LogP contribution in [0, 0.1) is 6.92 Å². The lowest BCUT2D eigenvalue weighted by molar-refractivity contribution is -0.116. The number of hydrogen-bond acceptors (Lipinski definition) is 5. The van der Waals surface area contributed by atoms with Crippen molar-refractivity contribution in [3.05, 3.63) is 94.7 Å². The molecule has 5 rings (SSSR count). The Hall–Kier alpha value is -3.73. The Kier molecular flexibility index (Phi) is 5.55. The second-order valence-electron chi connectivity index (χ2n) is 8.69. The third-order valence-electron chi connectivity index (χ3n) is 6.60.